The van der Waals surface area contributed by atoms with Crippen LogP contribution >= 0.6 is 0 Å². The number of ketones is 1. The Bertz CT molecular complexity index is 469. The number of nitrogens with zero attached hydrogens (tertiary/aromatic N) is 3. The molecule has 0 N–H and O–H groups in total. The maximum Gasteiger partial charge on any atom is 0.170 e. The normalized spacial score (nSPS) is 20.8. The van der Waals surface area contributed by atoms with E-state index in [1.807, 2.05) is 14.0 Å². The highest BCUT2D eigenvalue weighted by molar-refractivity contribution is 5.89. The van der Waals surface area contributed by atoms with Crippen LogP contribution in [-0.4, -0.2) is 33.0 Å². The van der Waals surface area contributed by atoms with Crippen LogP contribution in [0.4, 0.5) is 0 Å². The predicted octanol–water partition coefficient (Wildman–Crippen LogP) is 2.30. The van der Waals surface area contributed by atoms with Crippen molar-refractivity contribution in [2.45, 2.75) is 58.5 Å². The van der Waals surface area contributed by atoms with Gasteiger partial charge in [-0.25, -0.2) is 0 Å². The van der Waals surface area contributed by atoms with Crippen molar-refractivity contribution >= 4 is 5.78 Å². The second-order valence-corrected chi connectivity index (χ2v) is 6.58. The van der Waals surface area contributed by atoms with Gasteiger partial charge >= 0.3 is 0 Å². The first-order valence-corrected chi connectivity index (χ1v) is 7.39. The van der Waals surface area contributed by atoms with Gasteiger partial charge < -0.3 is 4.74 Å². The summed E-state index contributed by atoms with van der Waals surface area (Å²) in [5.74, 6) is 0.148. The molecule has 20 heavy (non-hydrogen) atoms. The minimum absolute atomic E-state index is 0.148. The van der Waals surface area contributed by atoms with Gasteiger partial charge in [0.1, 0.15) is 5.60 Å². The molecule has 2 rings (SSSR count). The summed E-state index contributed by atoms with van der Waals surface area (Å²) in [7, 11) is 1.81. The van der Waals surface area contributed by atoms with Crippen LogP contribution in [0.15, 0.2) is 6.20 Å². The largest absolute Gasteiger partial charge is 0.367 e. The molecule has 0 atom stereocenters. The molecule has 1 fully saturated rings. The first-order valence-electron chi connectivity index (χ1n) is 7.39. The van der Waals surface area contributed by atoms with Gasteiger partial charge in [0.2, 0.25) is 0 Å². The molecule has 5 heteroatoms. The average Bonchev–Trinajstić information content (AvgIpc) is 2.78. The molecule has 0 saturated heterocycles. The Kier molecular flexibility index (Phi) is 4.28. The van der Waals surface area contributed by atoms with Crippen molar-refractivity contribution < 1.29 is 9.53 Å². The molecule has 0 spiro atoms. The third-order valence-electron chi connectivity index (χ3n) is 4.33. The molecule has 1 aromatic rings. The average molecular weight is 279 g/mol. The molecule has 1 aliphatic rings. The fraction of sp³-hybridized carbons (Fsp3) is 0.800. The van der Waals surface area contributed by atoms with Crippen LogP contribution in [0.1, 0.15) is 52.1 Å². The maximum atomic E-state index is 12.7. The number of aryl methyl sites for hydroxylation is 1. The van der Waals surface area contributed by atoms with Crippen molar-refractivity contribution in [1.82, 2.24) is 15.0 Å². The van der Waals surface area contributed by atoms with Crippen LogP contribution in [-0.2, 0) is 23.0 Å². The van der Waals surface area contributed by atoms with Crippen LogP contribution in [0, 0.1) is 5.41 Å². The number of hydrogen-bond donors (Lipinski definition) is 0. The summed E-state index contributed by atoms with van der Waals surface area (Å²) < 4.78 is 7.52. The second kappa shape index (κ2) is 5.64. The van der Waals surface area contributed by atoms with Crippen LogP contribution in [0.3, 0.4) is 0 Å². The van der Waals surface area contributed by atoms with E-state index in [1.165, 1.54) is 0 Å². The Hall–Kier alpha value is -1.23. The van der Waals surface area contributed by atoms with Gasteiger partial charge in [0.15, 0.2) is 5.78 Å². The maximum absolute atomic E-state index is 12.7. The predicted molar refractivity (Wildman–Crippen MR) is 76.3 cm³/mol. The van der Waals surface area contributed by atoms with E-state index in [4.69, 9.17) is 4.74 Å². The van der Waals surface area contributed by atoms with Gasteiger partial charge in [0, 0.05) is 19.9 Å². The van der Waals surface area contributed by atoms with Crippen molar-refractivity contribution in [3.63, 3.8) is 0 Å². The van der Waals surface area contributed by atoms with Crippen molar-refractivity contribution in [3.8, 4) is 0 Å². The van der Waals surface area contributed by atoms with Crippen LogP contribution in [0.2, 0.25) is 0 Å². The first-order chi connectivity index (χ1) is 9.37. The third-order valence-corrected chi connectivity index (χ3v) is 4.33. The topological polar surface area (TPSA) is 57.0 Å². The Labute approximate surface area is 120 Å². The second-order valence-electron chi connectivity index (χ2n) is 6.58. The number of carbonyl (C=O) groups is 1. The number of Topliss-reactive ketones (excluding diaryl/α,β-unsaturated/α-hetero) is 1. The van der Waals surface area contributed by atoms with Crippen molar-refractivity contribution in [2.24, 2.45) is 12.5 Å². The van der Waals surface area contributed by atoms with E-state index in [0.29, 0.717) is 18.4 Å². The minimum Gasteiger partial charge on any atom is -0.367 e. The van der Waals surface area contributed by atoms with Gasteiger partial charge in [-0.3, -0.25) is 9.48 Å². The molecule has 0 amide bonds. The number of aromatic nitrogens is 3. The lowest BCUT2D eigenvalue weighted by Gasteiger charge is -2.42. The highest BCUT2D eigenvalue weighted by atomic mass is 16.5. The van der Waals surface area contributed by atoms with Crippen molar-refractivity contribution in [1.29, 1.82) is 0 Å². The lowest BCUT2D eigenvalue weighted by atomic mass is 9.69. The Morgan fingerprint density at radius 1 is 1.35 bits per heavy atom. The lowest BCUT2D eigenvalue weighted by molar-refractivity contribution is -0.151. The van der Waals surface area contributed by atoms with Gasteiger partial charge in [-0.05, 0) is 38.0 Å². The summed E-state index contributed by atoms with van der Waals surface area (Å²) in [6.45, 7) is 7.05. The molecule has 0 unspecified atom stereocenters. The van der Waals surface area contributed by atoms with Gasteiger partial charge in [0.05, 0.1) is 12.1 Å². The SMILES string of the molecule is CCOC1(C(=O)Cc2cn(C)nn2)CCC(C)(C)CC1. The van der Waals surface area contributed by atoms with Crippen LogP contribution in [0.5, 0.6) is 0 Å². The minimum atomic E-state index is -0.609. The van der Waals surface area contributed by atoms with E-state index in [2.05, 4.69) is 24.2 Å². The molecule has 0 aliphatic heterocycles. The van der Waals surface area contributed by atoms with Crippen molar-refractivity contribution in [2.75, 3.05) is 6.61 Å². The van der Waals surface area contributed by atoms with Gasteiger partial charge in [0.25, 0.3) is 0 Å². The van der Waals surface area contributed by atoms with Crippen LogP contribution < -0.4 is 0 Å². The summed E-state index contributed by atoms with van der Waals surface area (Å²) in [5, 5.41) is 7.89. The zero-order chi connectivity index (χ0) is 14.8. The smallest absolute Gasteiger partial charge is 0.170 e. The Balaban J connectivity index is 2.10. The van der Waals surface area contributed by atoms with E-state index in [1.54, 1.807) is 10.9 Å². The van der Waals surface area contributed by atoms with Crippen molar-refractivity contribution in [3.05, 3.63) is 11.9 Å². The van der Waals surface area contributed by atoms with Gasteiger partial charge in [-0.1, -0.05) is 19.1 Å². The number of rotatable bonds is 5. The molecule has 0 bridgehead atoms. The standard InChI is InChI=1S/C15H25N3O2/c1-5-20-15(8-6-14(2,3)7-9-15)13(19)10-12-11-18(4)17-16-12/h11H,5-10H2,1-4H3. The quantitative estimate of drug-likeness (QED) is 0.830. The highest BCUT2D eigenvalue weighted by Crippen LogP contribution is 2.42. The van der Waals surface area contributed by atoms with Gasteiger partial charge in [-0.15, -0.1) is 5.10 Å². The summed E-state index contributed by atoms with van der Waals surface area (Å²) >= 11 is 0. The molecule has 1 aromatic heterocycles. The summed E-state index contributed by atoms with van der Waals surface area (Å²) in [4.78, 5) is 12.7. The van der Waals surface area contributed by atoms with Crippen LogP contribution in [0.25, 0.3) is 0 Å². The molecule has 1 heterocycles. The fourth-order valence-corrected chi connectivity index (χ4v) is 2.91. The molecule has 5 nitrogen and oxygen atoms in total. The summed E-state index contributed by atoms with van der Waals surface area (Å²) in [6.07, 6.45) is 5.79. The zero-order valence-corrected chi connectivity index (χ0v) is 13.0. The lowest BCUT2D eigenvalue weighted by Crippen LogP contribution is -2.47. The fourth-order valence-electron chi connectivity index (χ4n) is 2.91. The number of ether oxygens (including phenoxy) is 1. The molecular weight excluding hydrogens is 254 g/mol. The van der Waals surface area contributed by atoms with E-state index >= 15 is 0 Å². The molecule has 1 saturated carbocycles. The summed E-state index contributed by atoms with van der Waals surface area (Å²) in [6, 6.07) is 0. The number of hydrogen-bond acceptors (Lipinski definition) is 4. The number of carbonyl (C=O) groups excluding carboxylic acids is 1. The molecule has 0 radical (unpaired) electrons. The van der Waals surface area contributed by atoms with E-state index in [9.17, 15) is 4.79 Å². The monoisotopic (exact) mass is 279 g/mol. The summed E-state index contributed by atoms with van der Waals surface area (Å²) in [5.41, 5.74) is 0.427. The Morgan fingerprint density at radius 3 is 2.50 bits per heavy atom. The van der Waals surface area contributed by atoms with E-state index in [-0.39, 0.29) is 5.78 Å². The van der Waals surface area contributed by atoms with E-state index < -0.39 is 5.60 Å². The molecule has 112 valence electrons. The molecule has 1 aliphatic carbocycles. The third kappa shape index (κ3) is 3.26. The highest BCUT2D eigenvalue weighted by Gasteiger charge is 2.44. The van der Waals surface area contributed by atoms with E-state index in [0.717, 1.165) is 31.4 Å². The zero-order valence-electron chi connectivity index (χ0n) is 13.0. The van der Waals surface area contributed by atoms with Gasteiger partial charge in [-0.2, -0.15) is 0 Å². The first kappa shape index (κ1) is 15.2. The Morgan fingerprint density at radius 2 is 2.00 bits per heavy atom. The molecular formula is C15H25N3O2. The molecule has 0 aromatic carbocycles.